The van der Waals surface area contributed by atoms with Crippen LogP contribution in [0, 0.1) is 23.0 Å². The van der Waals surface area contributed by atoms with Crippen molar-refractivity contribution < 1.29 is 8.78 Å². The van der Waals surface area contributed by atoms with Crippen LogP contribution < -0.4 is 5.73 Å². The van der Waals surface area contributed by atoms with E-state index in [4.69, 9.17) is 11.0 Å². The second-order valence-electron chi connectivity index (χ2n) is 3.71. The van der Waals surface area contributed by atoms with Crippen molar-refractivity contribution in [2.75, 3.05) is 5.73 Å². The van der Waals surface area contributed by atoms with Crippen molar-refractivity contribution in [3.8, 4) is 17.3 Å². The Labute approximate surface area is 103 Å². The first-order chi connectivity index (χ1) is 8.63. The molecule has 0 saturated carbocycles. The van der Waals surface area contributed by atoms with Crippen molar-refractivity contribution in [2.45, 2.75) is 6.42 Å². The molecule has 1 heterocycles. The van der Waals surface area contributed by atoms with Crippen molar-refractivity contribution in [1.29, 1.82) is 5.26 Å². The lowest BCUT2D eigenvalue weighted by atomic mass is 10.0. The SMILES string of the molecule is N#CCc1cc(N)cnc1-c1cccc(F)c1F. The molecule has 2 aromatic rings. The van der Waals surface area contributed by atoms with Gasteiger partial charge in [0.1, 0.15) is 0 Å². The molecule has 0 unspecified atom stereocenters. The van der Waals surface area contributed by atoms with Gasteiger partial charge in [-0.3, -0.25) is 4.98 Å². The third-order valence-corrected chi connectivity index (χ3v) is 2.46. The second-order valence-corrected chi connectivity index (χ2v) is 3.71. The van der Waals surface area contributed by atoms with Gasteiger partial charge < -0.3 is 5.73 Å². The van der Waals surface area contributed by atoms with Crippen LogP contribution in [0.3, 0.4) is 0 Å². The van der Waals surface area contributed by atoms with Crippen LogP contribution in [-0.4, -0.2) is 4.98 Å². The van der Waals surface area contributed by atoms with Crippen LogP contribution in [0.15, 0.2) is 30.5 Å². The molecule has 0 radical (unpaired) electrons. The van der Waals surface area contributed by atoms with E-state index in [9.17, 15) is 8.78 Å². The number of nitrogens with two attached hydrogens (primary N) is 1. The molecule has 3 nitrogen and oxygen atoms in total. The number of hydrogen-bond acceptors (Lipinski definition) is 3. The Morgan fingerprint density at radius 3 is 2.83 bits per heavy atom. The van der Waals surface area contributed by atoms with Gasteiger partial charge in [0.15, 0.2) is 11.6 Å². The molecule has 0 aliphatic carbocycles. The van der Waals surface area contributed by atoms with Crippen LogP contribution >= 0.6 is 0 Å². The van der Waals surface area contributed by atoms with Crippen LogP contribution in [0.4, 0.5) is 14.5 Å². The first-order valence-corrected chi connectivity index (χ1v) is 5.19. The van der Waals surface area contributed by atoms with Gasteiger partial charge in [-0.2, -0.15) is 5.26 Å². The summed E-state index contributed by atoms with van der Waals surface area (Å²) < 4.78 is 26.8. The highest BCUT2D eigenvalue weighted by molar-refractivity contribution is 5.66. The fraction of sp³-hybridized carbons (Fsp3) is 0.0769. The third-order valence-electron chi connectivity index (χ3n) is 2.46. The Kier molecular flexibility index (Phi) is 3.20. The van der Waals surface area contributed by atoms with Crippen molar-refractivity contribution in [3.05, 3.63) is 47.7 Å². The van der Waals surface area contributed by atoms with Crippen molar-refractivity contribution >= 4 is 5.69 Å². The maximum absolute atomic E-state index is 13.7. The largest absolute Gasteiger partial charge is 0.397 e. The molecule has 0 bridgehead atoms. The average molecular weight is 245 g/mol. The number of pyridine rings is 1. The molecule has 2 rings (SSSR count). The molecule has 0 atom stereocenters. The van der Waals surface area contributed by atoms with Gasteiger partial charge in [-0.05, 0) is 23.8 Å². The molecule has 0 saturated heterocycles. The van der Waals surface area contributed by atoms with Crippen molar-refractivity contribution in [2.24, 2.45) is 0 Å². The number of rotatable bonds is 2. The summed E-state index contributed by atoms with van der Waals surface area (Å²) in [4.78, 5) is 3.99. The zero-order valence-electron chi connectivity index (χ0n) is 9.32. The fourth-order valence-corrected chi connectivity index (χ4v) is 1.68. The second kappa shape index (κ2) is 4.80. The number of nitrogens with zero attached hydrogens (tertiary/aromatic N) is 2. The van der Waals surface area contributed by atoms with E-state index >= 15 is 0 Å². The Balaban J connectivity index is 2.64. The summed E-state index contributed by atoms with van der Waals surface area (Å²) in [7, 11) is 0. The minimum Gasteiger partial charge on any atom is -0.397 e. The minimum atomic E-state index is -0.978. The van der Waals surface area contributed by atoms with Gasteiger partial charge in [-0.1, -0.05) is 6.07 Å². The zero-order valence-corrected chi connectivity index (χ0v) is 9.32. The van der Waals surface area contributed by atoms with E-state index in [-0.39, 0.29) is 17.7 Å². The number of nitriles is 1. The number of nitrogen functional groups attached to an aromatic ring is 1. The molecule has 90 valence electrons. The smallest absolute Gasteiger partial charge is 0.168 e. The Bertz CT molecular complexity index is 633. The van der Waals surface area contributed by atoms with Gasteiger partial charge in [0.25, 0.3) is 0 Å². The van der Waals surface area contributed by atoms with E-state index in [1.807, 2.05) is 6.07 Å². The van der Waals surface area contributed by atoms with Crippen LogP contribution in [0.25, 0.3) is 11.3 Å². The molecule has 1 aromatic heterocycles. The molecular weight excluding hydrogens is 236 g/mol. The maximum Gasteiger partial charge on any atom is 0.168 e. The predicted octanol–water partition coefficient (Wildman–Crippen LogP) is 2.68. The lowest BCUT2D eigenvalue weighted by Crippen LogP contribution is -1.98. The maximum atomic E-state index is 13.7. The summed E-state index contributed by atoms with van der Waals surface area (Å²) in [6.07, 6.45) is 1.38. The fourth-order valence-electron chi connectivity index (χ4n) is 1.68. The Hall–Kier alpha value is -2.48. The first-order valence-electron chi connectivity index (χ1n) is 5.19. The summed E-state index contributed by atoms with van der Waals surface area (Å²) in [5, 5.41) is 8.72. The number of benzene rings is 1. The van der Waals surface area contributed by atoms with E-state index < -0.39 is 11.6 Å². The number of halogens is 2. The van der Waals surface area contributed by atoms with E-state index in [0.717, 1.165) is 6.07 Å². The third kappa shape index (κ3) is 2.13. The van der Waals surface area contributed by atoms with Crippen LogP contribution in [0.2, 0.25) is 0 Å². The van der Waals surface area contributed by atoms with Crippen molar-refractivity contribution in [3.63, 3.8) is 0 Å². The normalized spacial score (nSPS) is 10.1. The highest BCUT2D eigenvalue weighted by Crippen LogP contribution is 2.27. The first kappa shape index (κ1) is 12.0. The molecule has 18 heavy (non-hydrogen) atoms. The summed E-state index contributed by atoms with van der Waals surface area (Å²) in [5.74, 6) is -1.93. The molecule has 2 N–H and O–H groups in total. The Morgan fingerprint density at radius 2 is 2.11 bits per heavy atom. The molecule has 5 heteroatoms. The van der Waals surface area contributed by atoms with Gasteiger partial charge in [0.05, 0.1) is 30.1 Å². The lowest BCUT2D eigenvalue weighted by Gasteiger charge is -2.08. The molecule has 0 aliphatic rings. The minimum absolute atomic E-state index is 0.0280. The lowest BCUT2D eigenvalue weighted by molar-refractivity contribution is 0.511. The summed E-state index contributed by atoms with van der Waals surface area (Å²) in [5.41, 5.74) is 6.68. The molecular formula is C13H9F2N3. The van der Waals surface area contributed by atoms with Gasteiger partial charge in [-0.25, -0.2) is 8.78 Å². The highest BCUT2D eigenvalue weighted by Gasteiger charge is 2.14. The average Bonchev–Trinajstić information content (AvgIpc) is 2.34. The van der Waals surface area contributed by atoms with Crippen LogP contribution in [0.1, 0.15) is 5.56 Å². The van der Waals surface area contributed by atoms with Crippen LogP contribution in [-0.2, 0) is 6.42 Å². The number of aromatic nitrogens is 1. The molecule has 0 spiro atoms. The molecule has 0 amide bonds. The van der Waals surface area contributed by atoms with Crippen LogP contribution in [0.5, 0.6) is 0 Å². The molecule has 1 aromatic carbocycles. The quantitative estimate of drug-likeness (QED) is 0.884. The standard InChI is InChI=1S/C13H9F2N3/c14-11-3-1-2-10(12(11)15)13-8(4-5-16)6-9(17)7-18-13/h1-3,6-7H,4,17H2. The van der Waals surface area contributed by atoms with E-state index in [1.54, 1.807) is 0 Å². The van der Waals surface area contributed by atoms with Crippen molar-refractivity contribution in [1.82, 2.24) is 4.98 Å². The highest BCUT2D eigenvalue weighted by atomic mass is 19.2. The summed E-state index contributed by atoms with van der Waals surface area (Å²) in [6, 6.07) is 7.31. The van der Waals surface area contributed by atoms with E-state index in [2.05, 4.69) is 4.98 Å². The predicted molar refractivity (Wildman–Crippen MR) is 63.3 cm³/mol. The van der Waals surface area contributed by atoms with E-state index in [1.165, 1.54) is 24.4 Å². The topological polar surface area (TPSA) is 62.7 Å². The summed E-state index contributed by atoms with van der Waals surface area (Å²) in [6.45, 7) is 0. The zero-order chi connectivity index (χ0) is 13.1. The van der Waals surface area contributed by atoms with Gasteiger partial charge >= 0.3 is 0 Å². The Morgan fingerprint density at radius 1 is 1.33 bits per heavy atom. The monoisotopic (exact) mass is 245 g/mol. The van der Waals surface area contributed by atoms with Gasteiger partial charge in [0.2, 0.25) is 0 Å². The van der Waals surface area contributed by atoms with Gasteiger partial charge in [0, 0.05) is 5.56 Å². The van der Waals surface area contributed by atoms with Gasteiger partial charge in [-0.15, -0.1) is 0 Å². The number of hydrogen-bond donors (Lipinski definition) is 1. The summed E-state index contributed by atoms with van der Waals surface area (Å²) >= 11 is 0. The molecule has 0 fully saturated rings. The molecule has 0 aliphatic heterocycles. The van der Waals surface area contributed by atoms with E-state index in [0.29, 0.717) is 11.3 Å². The number of anilines is 1.